The van der Waals surface area contributed by atoms with Crippen LogP contribution in [0.2, 0.25) is 0 Å². The minimum Gasteiger partial charge on any atom is -0.493 e. The average Bonchev–Trinajstić information content (AvgIpc) is 1.58. The van der Waals surface area contributed by atoms with Crippen molar-refractivity contribution in [2.75, 3.05) is 61.9 Å². The summed E-state index contributed by atoms with van der Waals surface area (Å²) in [6.45, 7) is 11.3. The van der Waals surface area contributed by atoms with Crippen molar-refractivity contribution in [2.45, 2.75) is 80.4 Å². The summed E-state index contributed by atoms with van der Waals surface area (Å²) in [4.78, 5) is 93.4. The predicted octanol–water partition coefficient (Wildman–Crippen LogP) is 5.79. The summed E-state index contributed by atoms with van der Waals surface area (Å²) in [5, 5.41) is 16.0. The molecule has 426 valence electrons. The van der Waals surface area contributed by atoms with Gasteiger partial charge in [0, 0.05) is 39.3 Å². The summed E-state index contributed by atoms with van der Waals surface area (Å²) in [6, 6.07) is 11.2. The normalized spacial score (nSPS) is 16.0. The van der Waals surface area contributed by atoms with Gasteiger partial charge in [-0.2, -0.15) is 0 Å². The van der Waals surface area contributed by atoms with Gasteiger partial charge in [0.2, 0.25) is 17.7 Å². The topological polar surface area (TPSA) is 337 Å². The highest BCUT2D eigenvalue weighted by Crippen LogP contribution is 2.39. The number of aliphatic carboxylic acids is 1. The van der Waals surface area contributed by atoms with Gasteiger partial charge in [0.25, 0.3) is 11.8 Å². The minimum atomic E-state index is -3.96. The number of sulfone groups is 2. The summed E-state index contributed by atoms with van der Waals surface area (Å²) in [7, 11) is -12.9. The molecule has 0 aliphatic carbocycles. The van der Waals surface area contributed by atoms with Crippen molar-refractivity contribution in [1.82, 2.24) is 10.2 Å². The SMILES string of the molecule is C.CC(=O)N[C@@H](CC(C)C)C(=O)O.CC(=O)Nc1cccc2c1C(=O)OC2=O.[2H]C([2H])([2H])Oc1ccc([C@@]([2H])(CS(C)(=O)=O)N2C(=O)c3cccc(NC(C)=O)c3C2=O)cc1OCC.[2H]C([2H])([2H])Oc1ccc([C@]([2H])(N)CS(C)(=O)=O)cc1OCC. The molecule has 3 atom stereocenters. The number of nitrogens with zero attached hydrogens (tertiary/aromatic N) is 1. The molecule has 4 aromatic rings. The van der Waals surface area contributed by atoms with Crippen LogP contribution in [0.4, 0.5) is 11.4 Å². The number of imide groups is 1. The van der Waals surface area contributed by atoms with Gasteiger partial charge in [0.15, 0.2) is 23.0 Å². The van der Waals surface area contributed by atoms with Crippen molar-refractivity contribution >= 4 is 78.5 Å². The summed E-state index contributed by atoms with van der Waals surface area (Å²) < 4.78 is 133. The zero-order chi connectivity index (χ0) is 65.0. The van der Waals surface area contributed by atoms with E-state index in [2.05, 4.69) is 20.7 Å². The molecule has 4 aromatic carbocycles. The van der Waals surface area contributed by atoms with Gasteiger partial charge in [0.05, 0.1) is 89.4 Å². The molecule has 2 heterocycles. The molecule has 0 unspecified atom stereocenters. The van der Waals surface area contributed by atoms with E-state index in [9.17, 15) is 55.2 Å². The number of carboxylic acids is 1. The van der Waals surface area contributed by atoms with E-state index in [0.29, 0.717) is 17.0 Å². The average molecular weight is 1140 g/mol. The van der Waals surface area contributed by atoms with Crippen LogP contribution < -0.4 is 40.6 Å². The molecule has 78 heavy (non-hydrogen) atoms. The smallest absolute Gasteiger partial charge is 0.349 e. The maximum atomic E-state index is 13.5. The van der Waals surface area contributed by atoms with Crippen molar-refractivity contribution in [2.24, 2.45) is 11.7 Å². The molecule has 2 aliphatic rings. The van der Waals surface area contributed by atoms with E-state index in [1.54, 1.807) is 26.0 Å². The van der Waals surface area contributed by atoms with E-state index in [0.717, 1.165) is 12.5 Å². The highest BCUT2D eigenvalue weighted by atomic mass is 32.2. The number of carbonyl (C=O) groups excluding carboxylic acids is 7. The molecule has 0 saturated heterocycles. The fourth-order valence-electron chi connectivity index (χ4n) is 7.18. The van der Waals surface area contributed by atoms with E-state index in [-0.39, 0.29) is 100 Å². The zero-order valence-electron chi connectivity index (χ0n) is 51.3. The van der Waals surface area contributed by atoms with Gasteiger partial charge in [0.1, 0.15) is 25.7 Å². The van der Waals surface area contributed by atoms with Gasteiger partial charge in [-0.1, -0.05) is 45.5 Å². The number of benzene rings is 4. The van der Waals surface area contributed by atoms with Gasteiger partial charge >= 0.3 is 17.9 Å². The Kier molecular flexibility index (Phi) is 20.3. The van der Waals surface area contributed by atoms with E-state index in [1.165, 1.54) is 81.4 Å². The lowest BCUT2D eigenvalue weighted by Gasteiger charge is -2.27. The number of esters is 2. The van der Waals surface area contributed by atoms with Crippen LogP contribution in [0.3, 0.4) is 0 Å². The van der Waals surface area contributed by atoms with Gasteiger partial charge in [-0.15, -0.1) is 0 Å². The minimum absolute atomic E-state index is 0. The Morgan fingerprint density at radius 3 is 1.63 bits per heavy atom. The predicted molar refractivity (Wildman–Crippen MR) is 291 cm³/mol. The number of methoxy groups -OCH3 is 2. The quantitative estimate of drug-likeness (QED) is 0.0421. The Labute approximate surface area is 465 Å². The van der Waals surface area contributed by atoms with E-state index < -0.39 is 99.0 Å². The first kappa shape index (κ1) is 53.5. The van der Waals surface area contributed by atoms with E-state index in [4.69, 9.17) is 40.8 Å². The lowest BCUT2D eigenvalue weighted by molar-refractivity contribution is -0.142. The number of hydrogen-bond acceptors (Lipinski definition) is 18. The molecule has 25 heteroatoms. The summed E-state index contributed by atoms with van der Waals surface area (Å²) in [6.07, 6.45) is 2.31. The first-order chi connectivity index (χ1) is 38.9. The maximum absolute atomic E-state index is 13.5. The zero-order valence-corrected chi connectivity index (χ0v) is 45.0. The molecular formula is C53H69N5O18S2. The molecule has 0 fully saturated rings. The molecule has 23 nitrogen and oxygen atoms in total. The monoisotopic (exact) mass is 1140 g/mol. The summed E-state index contributed by atoms with van der Waals surface area (Å²) in [5.41, 5.74) is 6.16. The molecule has 0 aromatic heterocycles. The van der Waals surface area contributed by atoms with Gasteiger partial charge in [-0.25, -0.2) is 31.2 Å². The third kappa shape index (κ3) is 19.3. The number of hydrogen-bond donors (Lipinski definition) is 5. The maximum Gasteiger partial charge on any atom is 0.349 e. The van der Waals surface area contributed by atoms with Gasteiger partial charge in [-0.05, 0) is 85.8 Å². The lowest BCUT2D eigenvalue weighted by Crippen LogP contribution is -2.40. The number of nitrogens with one attached hydrogen (secondary N) is 3. The van der Waals surface area contributed by atoms with E-state index >= 15 is 0 Å². The number of nitrogens with two attached hydrogens (primary N) is 1. The van der Waals surface area contributed by atoms with Crippen molar-refractivity contribution in [3.05, 3.63) is 106 Å². The Hall–Kier alpha value is -7.90. The molecule has 0 spiro atoms. The molecule has 0 radical (unpaired) electrons. The molecule has 2 aliphatic heterocycles. The molecule has 0 bridgehead atoms. The number of carbonyl (C=O) groups is 8. The van der Waals surface area contributed by atoms with E-state index in [1.807, 2.05) is 13.8 Å². The van der Waals surface area contributed by atoms with Crippen LogP contribution in [0.15, 0.2) is 72.8 Å². The van der Waals surface area contributed by atoms with Crippen LogP contribution in [0.1, 0.15) is 138 Å². The standard InChI is InChI=1S/C22H24N2O7S.C12H19NO4S.C10H7NO4.C8H15NO3.CH4/c1-5-31-19-11-14(9-10-18(19)30-3)17(12-32(4,28)29)24-21(26)15-7-6-8-16(23-13(2)25)20(15)22(24)27;1-4-17-12-7-9(5-6-11(12)16-2)10(13)8-18(3,14)15;1-5(12)11-7-4-2-3-6-8(7)10(14)15-9(6)13;1-5(2)4-7(8(11)12)9-6(3)10;/h6-11,17H,5,12H2,1-4H3,(H,23,25);5-7,10H,4,8,13H2,1-3H3;2-4H,1H3,(H,11,12);5,7H,4H2,1-3H3,(H,9,10)(H,11,12);1H4/t17-;10-;;7-;/m11.0./s1/i3D3,17D;2D3,10D;;;. The Bertz CT molecular complexity index is 3440. The molecule has 6 rings (SSSR count). The van der Waals surface area contributed by atoms with Crippen LogP contribution in [-0.2, 0) is 43.6 Å². The number of carboxylic acid groups (broad SMARTS) is 1. The first-order valence-corrected chi connectivity index (χ1v) is 27.1. The summed E-state index contributed by atoms with van der Waals surface area (Å²) in [5.74, 6) is -6.92. The molecule has 5 amide bonds. The van der Waals surface area contributed by atoms with Gasteiger partial charge < -0.3 is 50.5 Å². The van der Waals surface area contributed by atoms with Crippen LogP contribution in [0, 0.1) is 5.92 Å². The fraction of sp³-hybridized carbons (Fsp3) is 0.396. The van der Waals surface area contributed by atoms with Crippen LogP contribution in [-0.4, -0.2) is 132 Å². The Morgan fingerprint density at radius 2 is 1.18 bits per heavy atom. The lowest BCUT2D eigenvalue weighted by atomic mass is 10.0. The molecule has 0 saturated carbocycles. The number of rotatable bonds is 19. The largest absolute Gasteiger partial charge is 0.493 e. The second-order valence-corrected chi connectivity index (χ2v) is 21.4. The number of amides is 5. The van der Waals surface area contributed by atoms with Gasteiger partial charge in [-0.3, -0.25) is 28.9 Å². The van der Waals surface area contributed by atoms with Crippen molar-refractivity contribution < 1.29 is 94.9 Å². The highest BCUT2D eigenvalue weighted by Gasteiger charge is 2.43. The number of ether oxygens (including phenoxy) is 5. The first-order valence-electron chi connectivity index (χ1n) is 27.0. The fourth-order valence-corrected chi connectivity index (χ4v) is 8.70. The Balaban J connectivity index is 0.000000429. The second kappa shape index (κ2) is 29.6. The second-order valence-electron chi connectivity index (χ2n) is 17.2. The molecular weight excluding hydrogens is 1060 g/mol. The highest BCUT2D eigenvalue weighted by molar-refractivity contribution is 7.90. The van der Waals surface area contributed by atoms with Crippen LogP contribution in [0.5, 0.6) is 23.0 Å². The number of anilines is 2. The molecule has 6 N–H and O–H groups in total. The number of cyclic esters (lactones) is 2. The third-order valence-corrected chi connectivity index (χ3v) is 11.7. The third-order valence-electron chi connectivity index (χ3n) is 10.1. The van der Waals surface area contributed by atoms with Crippen LogP contribution in [0.25, 0.3) is 0 Å². The Morgan fingerprint density at radius 1 is 0.692 bits per heavy atom. The van der Waals surface area contributed by atoms with Crippen molar-refractivity contribution in [3.8, 4) is 23.0 Å². The van der Waals surface area contributed by atoms with Crippen molar-refractivity contribution in [3.63, 3.8) is 0 Å². The number of fused-ring (bicyclic) bond motifs is 2. The summed E-state index contributed by atoms with van der Waals surface area (Å²) >= 11 is 0. The van der Waals surface area contributed by atoms with Crippen LogP contribution >= 0.6 is 0 Å². The van der Waals surface area contributed by atoms with Crippen molar-refractivity contribution in [1.29, 1.82) is 0 Å².